The molecule has 29 heavy (non-hydrogen) atoms. The fourth-order valence-corrected chi connectivity index (χ4v) is 3.65. The Labute approximate surface area is 175 Å². The summed E-state index contributed by atoms with van der Waals surface area (Å²) in [7, 11) is 0. The molecule has 1 aromatic carbocycles. The lowest BCUT2D eigenvalue weighted by molar-refractivity contribution is 0.193. The van der Waals surface area contributed by atoms with Crippen LogP contribution >= 0.6 is 11.3 Å². The van der Waals surface area contributed by atoms with Crippen LogP contribution in [0.1, 0.15) is 29.6 Å². The van der Waals surface area contributed by atoms with Crippen molar-refractivity contribution in [1.29, 1.82) is 0 Å². The first-order valence-corrected chi connectivity index (χ1v) is 10.6. The van der Waals surface area contributed by atoms with Crippen molar-refractivity contribution in [2.75, 3.05) is 13.2 Å². The predicted octanol–water partition coefficient (Wildman–Crippen LogP) is 3.85. The third-order valence-corrected chi connectivity index (χ3v) is 5.32. The second kappa shape index (κ2) is 10.6. The summed E-state index contributed by atoms with van der Waals surface area (Å²) in [4.78, 5) is 23.2. The summed E-state index contributed by atoms with van der Waals surface area (Å²) < 4.78 is 7.52. The number of nitrogens with one attached hydrogen (secondary N) is 1. The largest absolute Gasteiger partial charge is 0.494 e. The number of aryl methyl sites for hydroxylation is 2. The van der Waals surface area contributed by atoms with E-state index in [1.807, 2.05) is 59.2 Å². The Hall–Kier alpha value is -2.87. The zero-order valence-corrected chi connectivity index (χ0v) is 17.7. The van der Waals surface area contributed by atoms with Gasteiger partial charge in [-0.05, 0) is 38.0 Å². The van der Waals surface area contributed by atoms with Crippen LogP contribution in [0.25, 0.3) is 0 Å². The molecular formula is C21H27N5O2S. The number of thiazole rings is 1. The zero-order chi connectivity index (χ0) is 20.5. The second-order valence-electron chi connectivity index (χ2n) is 6.69. The van der Waals surface area contributed by atoms with Crippen LogP contribution < -0.4 is 10.1 Å². The summed E-state index contributed by atoms with van der Waals surface area (Å²) in [6.07, 6.45) is 6.33. The molecule has 154 valence electrons. The Morgan fingerprint density at radius 1 is 1.31 bits per heavy atom. The molecule has 0 aliphatic rings. The maximum absolute atomic E-state index is 12.8. The van der Waals surface area contributed by atoms with Gasteiger partial charge in [-0.15, -0.1) is 11.3 Å². The summed E-state index contributed by atoms with van der Waals surface area (Å²) in [5.74, 6) is 0.839. The van der Waals surface area contributed by atoms with E-state index in [1.165, 1.54) is 0 Å². The van der Waals surface area contributed by atoms with Gasteiger partial charge in [-0.2, -0.15) is 0 Å². The molecule has 2 aromatic heterocycles. The molecule has 0 bridgehead atoms. The fraction of sp³-hybridized carbons (Fsp3) is 0.381. The fourth-order valence-electron chi connectivity index (χ4n) is 2.94. The minimum atomic E-state index is -0.0858. The molecule has 0 atom stereocenters. The van der Waals surface area contributed by atoms with Crippen LogP contribution in [-0.4, -0.2) is 38.6 Å². The van der Waals surface area contributed by atoms with E-state index in [4.69, 9.17) is 4.74 Å². The quantitative estimate of drug-likeness (QED) is 0.548. The van der Waals surface area contributed by atoms with E-state index < -0.39 is 0 Å². The number of benzene rings is 1. The molecule has 0 saturated carbocycles. The Bertz CT molecular complexity index is 877. The van der Waals surface area contributed by atoms with Crippen LogP contribution in [0.5, 0.6) is 5.75 Å². The first-order chi connectivity index (χ1) is 14.1. The molecule has 7 nitrogen and oxygen atoms in total. The summed E-state index contributed by atoms with van der Waals surface area (Å²) in [6.45, 7) is 7.00. The van der Waals surface area contributed by atoms with Crippen LogP contribution in [0.2, 0.25) is 0 Å². The maximum Gasteiger partial charge on any atom is 0.318 e. The Morgan fingerprint density at radius 2 is 2.14 bits per heavy atom. The second-order valence-corrected chi connectivity index (χ2v) is 7.64. The molecule has 0 fully saturated rings. The van der Waals surface area contributed by atoms with Crippen LogP contribution in [0, 0.1) is 6.92 Å². The van der Waals surface area contributed by atoms with Crippen molar-refractivity contribution in [2.24, 2.45) is 0 Å². The van der Waals surface area contributed by atoms with Crippen LogP contribution in [0.4, 0.5) is 4.79 Å². The van der Waals surface area contributed by atoms with Crippen molar-refractivity contribution in [3.63, 3.8) is 0 Å². The lowest BCUT2D eigenvalue weighted by atomic mass is 10.2. The van der Waals surface area contributed by atoms with Gasteiger partial charge in [0.2, 0.25) is 0 Å². The SMILES string of the molecule is CCOc1ccc(CN(CCCn2ccnc2)C(=O)NCc2nc(C)cs2)cc1. The van der Waals surface area contributed by atoms with E-state index in [1.54, 1.807) is 23.9 Å². The first kappa shape index (κ1) is 20.9. The third-order valence-electron chi connectivity index (χ3n) is 4.36. The summed E-state index contributed by atoms with van der Waals surface area (Å²) >= 11 is 1.56. The van der Waals surface area contributed by atoms with Gasteiger partial charge in [0.1, 0.15) is 10.8 Å². The monoisotopic (exact) mass is 413 g/mol. The average molecular weight is 414 g/mol. The van der Waals surface area contributed by atoms with Gasteiger partial charge in [0, 0.05) is 43.1 Å². The smallest absolute Gasteiger partial charge is 0.318 e. The van der Waals surface area contributed by atoms with Gasteiger partial charge in [-0.1, -0.05) is 12.1 Å². The van der Waals surface area contributed by atoms with Gasteiger partial charge >= 0.3 is 6.03 Å². The van der Waals surface area contributed by atoms with E-state index in [9.17, 15) is 4.79 Å². The van der Waals surface area contributed by atoms with Crippen LogP contribution in [-0.2, 0) is 19.6 Å². The lowest BCUT2D eigenvalue weighted by Crippen LogP contribution is -2.40. The van der Waals surface area contributed by atoms with Gasteiger partial charge < -0.3 is 19.5 Å². The predicted molar refractivity (Wildman–Crippen MR) is 114 cm³/mol. The Kier molecular flexibility index (Phi) is 7.63. The Morgan fingerprint density at radius 3 is 2.79 bits per heavy atom. The molecule has 0 spiro atoms. The van der Waals surface area contributed by atoms with Gasteiger partial charge in [-0.3, -0.25) is 0 Å². The number of amides is 2. The van der Waals surface area contributed by atoms with E-state index in [0.29, 0.717) is 26.2 Å². The summed E-state index contributed by atoms with van der Waals surface area (Å²) in [5, 5.41) is 5.90. The van der Waals surface area contributed by atoms with Crippen molar-refractivity contribution in [1.82, 2.24) is 24.8 Å². The van der Waals surface area contributed by atoms with Crippen molar-refractivity contribution >= 4 is 17.4 Å². The summed E-state index contributed by atoms with van der Waals surface area (Å²) in [6, 6.07) is 7.81. The molecule has 3 rings (SSSR count). The highest BCUT2D eigenvalue weighted by Gasteiger charge is 2.14. The summed E-state index contributed by atoms with van der Waals surface area (Å²) in [5.41, 5.74) is 2.04. The molecule has 0 saturated heterocycles. The van der Waals surface area contributed by atoms with E-state index in [0.717, 1.165) is 35.0 Å². The molecule has 3 aromatic rings. The van der Waals surface area contributed by atoms with Crippen LogP contribution in [0.3, 0.4) is 0 Å². The number of urea groups is 1. The van der Waals surface area contributed by atoms with Crippen molar-refractivity contribution < 1.29 is 9.53 Å². The van der Waals surface area contributed by atoms with E-state index in [2.05, 4.69) is 15.3 Å². The zero-order valence-electron chi connectivity index (χ0n) is 16.9. The van der Waals surface area contributed by atoms with Gasteiger partial charge in [0.05, 0.1) is 19.5 Å². The number of imidazole rings is 1. The third kappa shape index (κ3) is 6.60. The van der Waals surface area contributed by atoms with E-state index >= 15 is 0 Å². The highest BCUT2D eigenvalue weighted by molar-refractivity contribution is 7.09. The maximum atomic E-state index is 12.8. The average Bonchev–Trinajstić information content (AvgIpc) is 3.38. The Balaban J connectivity index is 1.60. The number of ether oxygens (including phenoxy) is 1. The van der Waals surface area contributed by atoms with Gasteiger partial charge in [0.15, 0.2) is 0 Å². The van der Waals surface area contributed by atoms with Crippen molar-refractivity contribution in [3.8, 4) is 5.75 Å². The molecule has 0 unspecified atom stereocenters. The lowest BCUT2D eigenvalue weighted by Gasteiger charge is -2.23. The molecule has 2 amide bonds. The first-order valence-electron chi connectivity index (χ1n) is 9.75. The van der Waals surface area contributed by atoms with Gasteiger partial charge in [0.25, 0.3) is 0 Å². The number of hydrogen-bond donors (Lipinski definition) is 1. The van der Waals surface area contributed by atoms with Crippen LogP contribution in [0.15, 0.2) is 48.4 Å². The molecule has 2 heterocycles. The normalized spacial score (nSPS) is 10.7. The molecule has 1 N–H and O–H groups in total. The molecule has 0 aliphatic heterocycles. The molecule has 8 heteroatoms. The number of aromatic nitrogens is 3. The number of carbonyl (C=O) groups excluding carboxylic acids is 1. The van der Waals surface area contributed by atoms with Crippen molar-refractivity contribution in [2.45, 2.75) is 39.9 Å². The molecular weight excluding hydrogens is 386 g/mol. The standard InChI is InChI=1S/C21H27N5O2S/c1-3-28-19-7-5-18(6-8-19)14-26(11-4-10-25-12-9-22-16-25)21(27)23-13-20-24-17(2)15-29-20/h5-9,12,15-16H,3-4,10-11,13-14H2,1-2H3,(H,23,27). The number of hydrogen-bond acceptors (Lipinski definition) is 5. The minimum absolute atomic E-state index is 0.0858. The number of carbonyl (C=O) groups is 1. The van der Waals surface area contributed by atoms with E-state index in [-0.39, 0.29) is 6.03 Å². The van der Waals surface area contributed by atoms with Crippen molar-refractivity contribution in [3.05, 3.63) is 64.6 Å². The highest BCUT2D eigenvalue weighted by Crippen LogP contribution is 2.14. The number of nitrogens with zero attached hydrogens (tertiary/aromatic N) is 4. The molecule has 0 aliphatic carbocycles. The highest BCUT2D eigenvalue weighted by atomic mass is 32.1. The van der Waals surface area contributed by atoms with Gasteiger partial charge in [-0.25, -0.2) is 14.8 Å². The molecule has 0 radical (unpaired) electrons. The minimum Gasteiger partial charge on any atom is -0.494 e. The number of rotatable bonds is 10. The topological polar surface area (TPSA) is 72.3 Å².